The first-order valence-electron chi connectivity index (χ1n) is 7.02. The fraction of sp³-hybridized carbons (Fsp3) is 0.286. The van der Waals surface area contributed by atoms with E-state index in [1.165, 1.54) is 12.3 Å². The van der Waals surface area contributed by atoms with Crippen molar-refractivity contribution < 1.29 is 22.4 Å². The highest BCUT2D eigenvalue weighted by molar-refractivity contribution is 5.93. The predicted molar refractivity (Wildman–Crippen MR) is 75.0 cm³/mol. The maximum absolute atomic E-state index is 12.9. The highest BCUT2D eigenvalue weighted by Gasteiger charge is 2.34. The van der Waals surface area contributed by atoms with Crippen molar-refractivity contribution in [2.75, 3.05) is 0 Å². The summed E-state index contributed by atoms with van der Waals surface area (Å²) in [5.41, 5.74) is -0.725. The SMILES string of the molecule is CCc1nc(CNC(=O)c2cc3nccc(C(F)(F)F)n3n2)co1. The average Bonchev–Trinajstić information content (AvgIpc) is 3.17. The minimum Gasteiger partial charge on any atom is -0.449 e. The Kier molecular flexibility index (Phi) is 3.96. The first kappa shape index (κ1) is 16.0. The molecule has 0 saturated heterocycles. The Morgan fingerprint density at radius 3 is 2.88 bits per heavy atom. The number of amides is 1. The number of aryl methyl sites for hydroxylation is 1. The molecule has 0 unspecified atom stereocenters. The van der Waals surface area contributed by atoms with Crippen LogP contribution in [0.25, 0.3) is 5.65 Å². The van der Waals surface area contributed by atoms with E-state index in [1.807, 2.05) is 6.92 Å². The van der Waals surface area contributed by atoms with Crippen LogP contribution in [-0.4, -0.2) is 25.5 Å². The molecular weight excluding hydrogens is 327 g/mol. The van der Waals surface area contributed by atoms with Crippen LogP contribution in [-0.2, 0) is 19.1 Å². The summed E-state index contributed by atoms with van der Waals surface area (Å²) in [6, 6.07) is 1.98. The number of carbonyl (C=O) groups is 1. The summed E-state index contributed by atoms with van der Waals surface area (Å²) >= 11 is 0. The summed E-state index contributed by atoms with van der Waals surface area (Å²) in [7, 11) is 0. The van der Waals surface area contributed by atoms with E-state index >= 15 is 0 Å². The van der Waals surface area contributed by atoms with Crippen LogP contribution >= 0.6 is 0 Å². The molecule has 3 aromatic rings. The largest absolute Gasteiger partial charge is 0.449 e. The van der Waals surface area contributed by atoms with Gasteiger partial charge in [0, 0.05) is 18.7 Å². The minimum atomic E-state index is -4.60. The van der Waals surface area contributed by atoms with Crippen molar-refractivity contribution in [2.45, 2.75) is 26.1 Å². The Bertz CT molecular complexity index is 884. The second kappa shape index (κ2) is 5.95. The second-order valence-corrected chi connectivity index (χ2v) is 4.90. The average molecular weight is 339 g/mol. The fourth-order valence-electron chi connectivity index (χ4n) is 2.07. The second-order valence-electron chi connectivity index (χ2n) is 4.90. The van der Waals surface area contributed by atoms with Gasteiger partial charge < -0.3 is 9.73 Å². The van der Waals surface area contributed by atoms with Gasteiger partial charge in [-0.2, -0.15) is 18.3 Å². The van der Waals surface area contributed by atoms with Crippen molar-refractivity contribution in [1.82, 2.24) is 24.9 Å². The van der Waals surface area contributed by atoms with Gasteiger partial charge in [0.05, 0.1) is 12.2 Å². The van der Waals surface area contributed by atoms with Crippen molar-refractivity contribution >= 4 is 11.6 Å². The lowest BCUT2D eigenvalue weighted by Gasteiger charge is -2.07. The molecule has 3 heterocycles. The summed E-state index contributed by atoms with van der Waals surface area (Å²) < 4.78 is 44.5. The van der Waals surface area contributed by atoms with Crippen LogP contribution in [0.1, 0.15) is 34.7 Å². The predicted octanol–water partition coefficient (Wildman–Crippen LogP) is 2.23. The molecule has 0 fully saturated rings. The highest BCUT2D eigenvalue weighted by Crippen LogP contribution is 2.28. The van der Waals surface area contributed by atoms with E-state index in [0.29, 0.717) is 22.5 Å². The Morgan fingerprint density at radius 1 is 1.42 bits per heavy atom. The fourth-order valence-corrected chi connectivity index (χ4v) is 2.07. The molecule has 3 rings (SSSR count). The molecule has 0 spiro atoms. The van der Waals surface area contributed by atoms with E-state index in [-0.39, 0.29) is 17.9 Å². The molecule has 126 valence electrons. The van der Waals surface area contributed by atoms with Crippen LogP contribution in [0.3, 0.4) is 0 Å². The molecule has 0 aliphatic rings. The maximum atomic E-state index is 12.9. The molecule has 0 saturated carbocycles. The normalized spacial score (nSPS) is 11.8. The number of carbonyl (C=O) groups excluding carboxylic acids is 1. The van der Waals surface area contributed by atoms with Gasteiger partial charge >= 0.3 is 6.18 Å². The van der Waals surface area contributed by atoms with Gasteiger partial charge in [-0.15, -0.1) is 0 Å². The molecular formula is C14H12F3N5O2. The molecule has 0 radical (unpaired) electrons. The zero-order valence-corrected chi connectivity index (χ0v) is 12.5. The van der Waals surface area contributed by atoms with E-state index in [1.54, 1.807) is 0 Å². The van der Waals surface area contributed by atoms with Gasteiger partial charge in [0.2, 0.25) is 0 Å². The molecule has 0 aromatic carbocycles. The number of fused-ring (bicyclic) bond motifs is 1. The van der Waals surface area contributed by atoms with Crippen molar-refractivity contribution in [3.8, 4) is 0 Å². The van der Waals surface area contributed by atoms with Gasteiger partial charge in [-0.05, 0) is 6.07 Å². The van der Waals surface area contributed by atoms with Gasteiger partial charge in [-0.1, -0.05) is 6.92 Å². The first-order valence-corrected chi connectivity index (χ1v) is 7.02. The van der Waals surface area contributed by atoms with Crippen LogP contribution in [0.2, 0.25) is 0 Å². The number of alkyl halides is 3. The van der Waals surface area contributed by atoms with E-state index in [0.717, 1.165) is 12.3 Å². The number of halogens is 3. The lowest BCUT2D eigenvalue weighted by molar-refractivity contribution is -0.142. The molecule has 10 heteroatoms. The Morgan fingerprint density at radius 2 is 2.21 bits per heavy atom. The van der Waals surface area contributed by atoms with Crippen LogP contribution in [0.5, 0.6) is 0 Å². The first-order chi connectivity index (χ1) is 11.4. The molecule has 24 heavy (non-hydrogen) atoms. The quantitative estimate of drug-likeness (QED) is 0.788. The lowest BCUT2D eigenvalue weighted by atomic mass is 10.3. The maximum Gasteiger partial charge on any atom is 0.433 e. The Labute approximate surface area is 133 Å². The van der Waals surface area contributed by atoms with E-state index in [4.69, 9.17) is 4.42 Å². The van der Waals surface area contributed by atoms with Gasteiger partial charge in [-0.25, -0.2) is 14.5 Å². The molecule has 7 nitrogen and oxygen atoms in total. The summed E-state index contributed by atoms with van der Waals surface area (Å²) in [5.74, 6) is -0.0966. The zero-order valence-electron chi connectivity index (χ0n) is 12.5. The van der Waals surface area contributed by atoms with Crippen molar-refractivity contribution in [2.24, 2.45) is 0 Å². The summed E-state index contributed by atoms with van der Waals surface area (Å²) in [6.07, 6.45) is -1.56. The number of nitrogens with one attached hydrogen (secondary N) is 1. The highest BCUT2D eigenvalue weighted by atomic mass is 19.4. The third-order valence-corrected chi connectivity index (χ3v) is 3.21. The van der Waals surface area contributed by atoms with Crippen LogP contribution in [0.15, 0.2) is 29.0 Å². The van der Waals surface area contributed by atoms with Gasteiger partial charge in [0.1, 0.15) is 12.0 Å². The number of nitrogens with zero attached hydrogens (tertiary/aromatic N) is 4. The Balaban J connectivity index is 1.80. The van der Waals surface area contributed by atoms with Crippen LogP contribution in [0.4, 0.5) is 13.2 Å². The molecule has 3 aromatic heterocycles. The third-order valence-electron chi connectivity index (χ3n) is 3.21. The third kappa shape index (κ3) is 3.07. The van der Waals surface area contributed by atoms with E-state index in [9.17, 15) is 18.0 Å². The monoisotopic (exact) mass is 339 g/mol. The number of aromatic nitrogens is 4. The molecule has 0 aliphatic heterocycles. The number of oxazole rings is 1. The summed E-state index contributed by atoms with van der Waals surface area (Å²) in [4.78, 5) is 20.0. The Hall–Kier alpha value is -2.91. The zero-order chi connectivity index (χ0) is 17.3. The van der Waals surface area contributed by atoms with Crippen molar-refractivity contribution in [3.05, 3.63) is 47.6 Å². The lowest BCUT2D eigenvalue weighted by Crippen LogP contribution is -2.23. The molecule has 0 aliphatic carbocycles. The molecule has 0 bridgehead atoms. The van der Waals surface area contributed by atoms with E-state index < -0.39 is 17.8 Å². The number of hydrogen-bond donors (Lipinski definition) is 1. The molecule has 1 amide bonds. The number of hydrogen-bond acceptors (Lipinski definition) is 5. The molecule has 1 N–H and O–H groups in total. The smallest absolute Gasteiger partial charge is 0.433 e. The minimum absolute atomic E-state index is 0.0651. The van der Waals surface area contributed by atoms with E-state index in [2.05, 4.69) is 20.4 Å². The topological polar surface area (TPSA) is 85.3 Å². The van der Waals surface area contributed by atoms with Gasteiger partial charge in [-0.3, -0.25) is 4.79 Å². The van der Waals surface area contributed by atoms with Gasteiger partial charge in [0.25, 0.3) is 5.91 Å². The standard InChI is InChI=1S/C14H12F3N5O2/c1-2-12-20-8(7-24-12)6-19-13(23)9-5-11-18-4-3-10(14(15,16)17)22(11)21-9/h3-5,7H,2,6H2,1H3,(H,19,23). The summed E-state index contributed by atoms with van der Waals surface area (Å²) in [6.45, 7) is 1.95. The molecule has 0 atom stereocenters. The number of rotatable bonds is 4. The summed E-state index contributed by atoms with van der Waals surface area (Å²) in [5, 5.41) is 6.22. The van der Waals surface area contributed by atoms with Crippen LogP contribution in [0, 0.1) is 0 Å². The van der Waals surface area contributed by atoms with Gasteiger partial charge in [0.15, 0.2) is 17.2 Å². The van der Waals surface area contributed by atoms with Crippen LogP contribution < -0.4 is 5.32 Å². The van der Waals surface area contributed by atoms with Crippen molar-refractivity contribution in [1.29, 1.82) is 0 Å². The van der Waals surface area contributed by atoms with Crippen molar-refractivity contribution in [3.63, 3.8) is 0 Å².